The number of methoxy groups -OCH3 is 1. The molecule has 128 valence electrons. The van der Waals surface area contributed by atoms with Gasteiger partial charge in [0.1, 0.15) is 17.4 Å². The highest BCUT2D eigenvalue weighted by molar-refractivity contribution is 5.97. The Morgan fingerprint density at radius 2 is 1.96 bits per heavy atom. The van der Waals surface area contributed by atoms with Gasteiger partial charge in [-0.05, 0) is 26.0 Å². The summed E-state index contributed by atoms with van der Waals surface area (Å²) in [6.07, 6.45) is 1.66. The number of benzene rings is 1. The maximum Gasteiger partial charge on any atom is 0.263 e. The smallest absolute Gasteiger partial charge is 0.263 e. The number of nitrogens with zero attached hydrogens (tertiary/aromatic N) is 3. The molecular formula is C18H24N4O2. The molecule has 1 fully saturated rings. The van der Waals surface area contributed by atoms with Gasteiger partial charge in [0.25, 0.3) is 5.91 Å². The Bertz CT molecular complexity index is 641. The number of ether oxygens (including phenoxy) is 1. The van der Waals surface area contributed by atoms with Crippen LogP contribution in [0.1, 0.15) is 13.8 Å². The van der Waals surface area contributed by atoms with E-state index in [4.69, 9.17) is 4.74 Å². The molecule has 1 aromatic rings. The maximum absolute atomic E-state index is 12.0. The minimum Gasteiger partial charge on any atom is -0.495 e. The summed E-state index contributed by atoms with van der Waals surface area (Å²) in [5.41, 5.74) is 1.22. The zero-order valence-electron chi connectivity index (χ0n) is 14.5. The van der Waals surface area contributed by atoms with Crippen molar-refractivity contribution in [3.8, 4) is 11.8 Å². The Morgan fingerprint density at radius 1 is 1.29 bits per heavy atom. The first-order valence-corrected chi connectivity index (χ1v) is 8.10. The van der Waals surface area contributed by atoms with Gasteiger partial charge < -0.3 is 19.9 Å². The zero-order chi connectivity index (χ0) is 17.5. The van der Waals surface area contributed by atoms with Gasteiger partial charge in [0, 0.05) is 38.4 Å². The van der Waals surface area contributed by atoms with E-state index in [1.165, 1.54) is 0 Å². The van der Waals surface area contributed by atoms with Gasteiger partial charge in [0.05, 0.1) is 12.8 Å². The van der Waals surface area contributed by atoms with Crippen LogP contribution < -0.4 is 15.0 Å². The van der Waals surface area contributed by atoms with E-state index in [-0.39, 0.29) is 17.5 Å². The Labute approximate surface area is 143 Å². The van der Waals surface area contributed by atoms with Crippen molar-refractivity contribution in [2.24, 2.45) is 0 Å². The third kappa shape index (κ3) is 4.42. The summed E-state index contributed by atoms with van der Waals surface area (Å²) in [4.78, 5) is 16.2. The Hall–Kier alpha value is -2.68. The van der Waals surface area contributed by atoms with E-state index in [9.17, 15) is 10.1 Å². The SMILES string of the molecule is COc1ccccc1N1CCN(/C=C(/C#N)C(=O)NC(C)C)CC1. The predicted molar refractivity (Wildman–Crippen MR) is 93.8 cm³/mol. The average Bonchev–Trinajstić information content (AvgIpc) is 2.59. The van der Waals surface area contributed by atoms with Crippen molar-refractivity contribution < 1.29 is 9.53 Å². The molecule has 0 atom stereocenters. The van der Waals surface area contributed by atoms with Crippen LogP contribution in [0.3, 0.4) is 0 Å². The van der Waals surface area contributed by atoms with Gasteiger partial charge >= 0.3 is 0 Å². The second-order valence-corrected chi connectivity index (χ2v) is 5.98. The number of nitrogens with one attached hydrogen (secondary N) is 1. The molecule has 0 bridgehead atoms. The molecular weight excluding hydrogens is 304 g/mol. The molecule has 0 aliphatic carbocycles. The van der Waals surface area contributed by atoms with Crippen LogP contribution in [0, 0.1) is 11.3 Å². The van der Waals surface area contributed by atoms with E-state index in [1.54, 1.807) is 13.3 Å². The summed E-state index contributed by atoms with van der Waals surface area (Å²) in [5, 5.41) is 12.0. The van der Waals surface area contributed by atoms with Crippen LogP contribution in [0.25, 0.3) is 0 Å². The number of anilines is 1. The largest absolute Gasteiger partial charge is 0.495 e. The molecule has 1 aliphatic heterocycles. The standard InChI is InChI=1S/C18H24N4O2/c1-14(2)20-18(23)15(12-19)13-21-8-10-22(11-9-21)16-6-4-5-7-17(16)24-3/h4-7,13-14H,8-11H2,1-3H3,(H,20,23)/b15-13-. The molecule has 1 saturated heterocycles. The monoisotopic (exact) mass is 328 g/mol. The van der Waals surface area contributed by atoms with E-state index in [0.29, 0.717) is 0 Å². The number of rotatable bonds is 5. The number of piperazine rings is 1. The highest BCUT2D eigenvalue weighted by atomic mass is 16.5. The fourth-order valence-corrected chi connectivity index (χ4v) is 2.64. The van der Waals surface area contributed by atoms with Crippen molar-refractivity contribution in [3.63, 3.8) is 0 Å². The molecule has 6 nitrogen and oxygen atoms in total. The summed E-state index contributed by atoms with van der Waals surface area (Å²) < 4.78 is 5.41. The van der Waals surface area contributed by atoms with E-state index in [2.05, 4.69) is 10.2 Å². The van der Waals surface area contributed by atoms with E-state index in [0.717, 1.165) is 37.6 Å². The quantitative estimate of drug-likeness (QED) is 0.659. The molecule has 2 rings (SSSR count). The van der Waals surface area contributed by atoms with Gasteiger partial charge in [-0.25, -0.2) is 0 Å². The van der Waals surface area contributed by atoms with Crippen molar-refractivity contribution >= 4 is 11.6 Å². The van der Waals surface area contributed by atoms with Crippen LogP contribution in [-0.2, 0) is 4.79 Å². The Morgan fingerprint density at radius 3 is 2.54 bits per heavy atom. The topological polar surface area (TPSA) is 68.6 Å². The summed E-state index contributed by atoms with van der Waals surface area (Å²) in [6, 6.07) is 9.94. The third-order valence-electron chi connectivity index (χ3n) is 3.84. The lowest BCUT2D eigenvalue weighted by atomic mass is 10.2. The average molecular weight is 328 g/mol. The van der Waals surface area contributed by atoms with Crippen molar-refractivity contribution in [2.75, 3.05) is 38.2 Å². The van der Waals surface area contributed by atoms with Crippen molar-refractivity contribution in [2.45, 2.75) is 19.9 Å². The highest BCUT2D eigenvalue weighted by Crippen LogP contribution is 2.28. The van der Waals surface area contributed by atoms with Gasteiger partial charge in [0.15, 0.2) is 0 Å². The number of amides is 1. The molecule has 0 unspecified atom stereocenters. The van der Waals surface area contributed by atoms with Gasteiger partial charge in [-0.3, -0.25) is 4.79 Å². The molecule has 24 heavy (non-hydrogen) atoms. The van der Waals surface area contributed by atoms with Gasteiger partial charge in [-0.15, -0.1) is 0 Å². The number of para-hydroxylation sites is 2. The molecule has 1 heterocycles. The van der Waals surface area contributed by atoms with E-state index in [1.807, 2.05) is 49.1 Å². The van der Waals surface area contributed by atoms with Crippen LogP contribution >= 0.6 is 0 Å². The van der Waals surface area contributed by atoms with Crippen LogP contribution in [0.4, 0.5) is 5.69 Å². The number of nitriles is 1. The van der Waals surface area contributed by atoms with Gasteiger partial charge in [-0.2, -0.15) is 5.26 Å². The molecule has 1 N–H and O–H groups in total. The molecule has 0 saturated carbocycles. The molecule has 1 aliphatic rings. The summed E-state index contributed by atoms with van der Waals surface area (Å²) >= 11 is 0. The fraction of sp³-hybridized carbons (Fsp3) is 0.444. The second kappa shape index (κ2) is 8.25. The summed E-state index contributed by atoms with van der Waals surface area (Å²) in [6.45, 7) is 6.86. The Kier molecular flexibility index (Phi) is 6.07. The van der Waals surface area contributed by atoms with Gasteiger partial charge in [0.2, 0.25) is 0 Å². The lowest BCUT2D eigenvalue weighted by molar-refractivity contribution is -0.117. The lowest BCUT2D eigenvalue weighted by Gasteiger charge is -2.36. The number of carbonyl (C=O) groups is 1. The third-order valence-corrected chi connectivity index (χ3v) is 3.84. The maximum atomic E-state index is 12.0. The lowest BCUT2D eigenvalue weighted by Crippen LogP contribution is -2.44. The Balaban J connectivity index is 2.00. The molecule has 0 aromatic heterocycles. The van der Waals surface area contributed by atoms with Gasteiger partial charge in [-0.1, -0.05) is 12.1 Å². The first-order valence-electron chi connectivity index (χ1n) is 8.10. The minimum absolute atomic E-state index is 0.0108. The molecule has 0 spiro atoms. The highest BCUT2D eigenvalue weighted by Gasteiger charge is 2.19. The molecule has 1 amide bonds. The normalized spacial score (nSPS) is 15.2. The number of carbonyl (C=O) groups excluding carboxylic acids is 1. The van der Waals surface area contributed by atoms with Crippen LogP contribution in [0.5, 0.6) is 5.75 Å². The summed E-state index contributed by atoms with van der Waals surface area (Å²) in [7, 11) is 1.67. The molecule has 6 heteroatoms. The first kappa shape index (κ1) is 17.7. The van der Waals surface area contributed by atoms with Crippen LogP contribution in [-0.4, -0.2) is 50.1 Å². The first-order chi connectivity index (χ1) is 11.5. The van der Waals surface area contributed by atoms with Crippen molar-refractivity contribution in [1.82, 2.24) is 10.2 Å². The summed E-state index contributed by atoms with van der Waals surface area (Å²) in [5.74, 6) is 0.537. The number of hydrogen-bond donors (Lipinski definition) is 1. The van der Waals surface area contributed by atoms with Crippen LogP contribution in [0.2, 0.25) is 0 Å². The van der Waals surface area contributed by atoms with E-state index < -0.39 is 0 Å². The zero-order valence-corrected chi connectivity index (χ0v) is 14.5. The van der Waals surface area contributed by atoms with E-state index >= 15 is 0 Å². The number of hydrogen-bond acceptors (Lipinski definition) is 5. The van der Waals surface area contributed by atoms with Crippen LogP contribution in [0.15, 0.2) is 36.0 Å². The van der Waals surface area contributed by atoms with Crippen molar-refractivity contribution in [1.29, 1.82) is 5.26 Å². The minimum atomic E-state index is -0.320. The fourth-order valence-electron chi connectivity index (χ4n) is 2.64. The molecule has 1 aromatic carbocycles. The second-order valence-electron chi connectivity index (χ2n) is 5.98. The predicted octanol–water partition coefficient (Wildman–Crippen LogP) is 1.75. The molecule has 0 radical (unpaired) electrons. The van der Waals surface area contributed by atoms with Crippen molar-refractivity contribution in [3.05, 3.63) is 36.0 Å².